The van der Waals surface area contributed by atoms with Gasteiger partial charge in [-0.2, -0.15) is 0 Å². The van der Waals surface area contributed by atoms with E-state index in [-0.39, 0.29) is 31.1 Å². The molecule has 0 fully saturated rings. The van der Waals surface area contributed by atoms with Gasteiger partial charge in [-0.3, -0.25) is 14.4 Å². The molecular formula is C77H128O6. The van der Waals surface area contributed by atoms with Gasteiger partial charge < -0.3 is 14.2 Å². The molecule has 0 aromatic carbocycles. The van der Waals surface area contributed by atoms with Gasteiger partial charge in [-0.15, -0.1) is 0 Å². The van der Waals surface area contributed by atoms with E-state index in [4.69, 9.17) is 14.2 Å². The van der Waals surface area contributed by atoms with Gasteiger partial charge in [0.25, 0.3) is 0 Å². The molecule has 6 heteroatoms. The highest BCUT2D eigenvalue weighted by molar-refractivity contribution is 5.71. The molecule has 1 atom stereocenters. The van der Waals surface area contributed by atoms with E-state index in [1.165, 1.54) is 135 Å². The summed E-state index contributed by atoms with van der Waals surface area (Å²) in [6, 6.07) is 0. The first kappa shape index (κ1) is 78.5. The first-order valence-electron chi connectivity index (χ1n) is 34.7. The van der Waals surface area contributed by atoms with E-state index in [1.54, 1.807) is 0 Å². The molecule has 0 heterocycles. The van der Waals surface area contributed by atoms with E-state index in [2.05, 4.69) is 154 Å². The molecule has 0 N–H and O–H groups in total. The summed E-state index contributed by atoms with van der Waals surface area (Å²) in [4.78, 5) is 38.3. The largest absolute Gasteiger partial charge is 0.462 e. The molecule has 0 aromatic rings. The highest BCUT2D eigenvalue weighted by atomic mass is 16.6. The van der Waals surface area contributed by atoms with Crippen molar-refractivity contribution in [2.45, 2.75) is 322 Å². The second-order valence-electron chi connectivity index (χ2n) is 22.7. The Morgan fingerprint density at radius 3 is 0.747 bits per heavy atom. The Balaban J connectivity index is 4.20. The van der Waals surface area contributed by atoms with Crippen LogP contribution in [0.3, 0.4) is 0 Å². The first-order chi connectivity index (χ1) is 41.0. The number of unbranched alkanes of at least 4 members (excludes halogenated alkanes) is 29. The van der Waals surface area contributed by atoms with Crippen molar-refractivity contribution in [3.05, 3.63) is 134 Å². The van der Waals surface area contributed by atoms with Crippen LogP contribution in [0.4, 0.5) is 0 Å². The zero-order valence-corrected chi connectivity index (χ0v) is 54.2. The zero-order chi connectivity index (χ0) is 59.9. The number of carbonyl (C=O) groups is 3. The molecule has 0 aromatic heterocycles. The van der Waals surface area contributed by atoms with Crippen LogP contribution in [0.15, 0.2) is 134 Å². The lowest BCUT2D eigenvalue weighted by Crippen LogP contribution is -2.30. The lowest BCUT2D eigenvalue weighted by atomic mass is 10.0. The van der Waals surface area contributed by atoms with Crippen LogP contribution in [-0.4, -0.2) is 37.2 Å². The van der Waals surface area contributed by atoms with Crippen molar-refractivity contribution in [2.24, 2.45) is 0 Å². The summed E-state index contributed by atoms with van der Waals surface area (Å²) in [7, 11) is 0. The van der Waals surface area contributed by atoms with Crippen molar-refractivity contribution in [1.82, 2.24) is 0 Å². The van der Waals surface area contributed by atoms with Gasteiger partial charge in [0.15, 0.2) is 6.10 Å². The highest BCUT2D eigenvalue weighted by Gasteiger charge is 2.19. The van der Waals surface area contributed by atoms with Crippen molar-refractivity contribution < 1.29 is 28.6 Å². The summed E-state index contributed by atoms with van der Waals surface area (Å²) in [6.45, 7) is 6.39. The summed E-state index contributed by atoms with van der Waals surface area (Å²) in [5.41, 5.74) is 0. The summed E-state index contributed by atoms with van der Waals surface area (Å²) >= 11 is 0. The Morgan fingerprint density at radius 1 is 0.253 bits per heavy atom. The SMILES string of the molecule is CC/C=C\C/C=C\C/C=C\C/C=C\C/C=C\C/C=C\CCCCCCCCCCCCCCCCCCC(=O)OCC(COC(=O)CCCCCCC/C=C\CCCCCC)OC(=O)CCCCCC/C=C\C/C=C\C/C=C\C/C=C\CC. The molecule has 0 radical (unpaired) electrons. The van der Waals surface area contributed by atoms with Gasteiger partial charge in [0, 0.05) is 19.3 Å². The molecule has 472 valence electrons. The van der Waals surface area contributed by atoms with E-state index in [1.807, 2.05) is 0 Å². The molecule has 0 aliphatic carbocycles. The second-order valence-corrected chi connectivity index (χ2v) is 22.7. The van der Waals surface area contributed by atoms with E-state index < -0.39 is 6.10 Å². The van der Waals surface area contributed by atoms with Gasteiger partial charge in [0.05, 0.1) is 0 Å². The minimum atomic E-state index is -0.797. The third-order valence-electron chi connectivity index (χ3n) is 14.6. The van der Waals surface area contributed by atoms with E-state index in [0.717, 1.165) is 141 Å². The van der Waals surface area contributed by atoms with Gasteiger partial charge in [-0.05, 0) is 135 Å². The normalized spacial score (nSPS) is 13.0. The maximum absolute atomic E-state index is 12.9. The maximum Gasteiger partial charge on any atom is 0.306 e. The Kier molecular flexibility index (Phi) is 66.3. The molecule has 0 saturated heterocycles. The molecule has 0 saturated carbocycles. The van der Waals surface area contributed by atoms with Crippen molar-refractivity contribution in [3.63, 3.8) is 0 Å². The van der Waals surface area contributed by atoms with Crippen LogP contribution in [0.2, 0.25) is 0 Å². The molecule has 83 heavy (non-hydrogen) atoms. The molecule has 0 aliphatic heterocycles. The predicted molar refractivity (Wildman–Crippen MR) is 362 cm³/mol. The molecule has 0 spiro atoms. The fourth-order valence-electron chi connectivity index (χ4n) is 9.49. The summed E-state index contributed by atoms with van der Waals surface area (Å²) in [5, 5.41) is 0. The first-order valence-corrected chi connectivity index (χ1v) is 34.7. The lowest BCUT2D eigenvalue weighted by molar-refractivity contribution is -0.167. The average Bonchev–Trinajstić information content (AvgIpc) is 3.49. The molecule has 0 amide bonds. The Hall–Kier alpha value is -4.45. The number of ether oxygens (including phenoxy) is 3. The number of hydrogen-bond donors (Lipinski definition) is 0. The van der Waals surface area contributed by atoms with E-state index in [0.29, 0.717) is 19.3 Å². The van der Waals surface area contributed by atoms with Crippen LogP contribution < -0.4 is 0 Å². The van der Waals surface area contributed by atoms with Gasteiger partial charge in [0.2, 0.25) is 0 Å². The third kappa shape index (κ3) is 68.2. The van der Waals surface area contributed by atoms with Crippen molar-refractivity contribution in [1.29, 1.82) is 0 Å². The summed E-state index contributed by atoms with van der Waals surface area (Å²) in [6.07, 6.45) is 99.1. The summed E-state index contributed by atoms with van der Waals surface area (Å²) in [5.74, 6) is -0.917. The van der Waals surface area contributed by atoms with E-state index >= 15 is 0 Å². The third-order valence-corrected chi connectivity index (χ3v) is 14.6. The number of hydrogen-bond acceptors (Lipinski definition) is 6. The molecule has 0 bridgehead atoms. The fraction of sp³-hybridized carbons (Fsp3) is 0.675. The van der Waals surface area contributed by atoms with Crippen molar-refractivity contribution in [2.75, 3.05) is 13.2 Å². The molecule has 0 aliphatic rings. The number of rotatable bonds is 62. The minimum Gasteiger partial charge on any atom is -0.462 e. The number of esters is 3. The van der Waals surface area contributed by atoms with Crippen molar-refractivity contribution in [3.8, 4) is 0 Å². The van der Waals surface area contributed by atoms with Crippen LogP contribution >= 0.6 is 0 Å². The Morgan fingerprint density at radius 2 is 0.470 bits per heavy atom. The predicted octanol–water partition coefficient (Wildman–Crippen LogP) is 24.1. The van der Waals surface area contributed by atoms with Crippen LogP contribution in [0.1, 0.15) is 316 Å². The Labute approximate surface area is 513 Å². The number of carbonyl (C=O) groups excluding carboxylic acids is 3. The highest BCUT2D eigenvalue weighted by Crippen LogP contribution is 2.16. The van der Waals surface area contributed by atoms with Crippen LogP contribution in [0, 0.1) is 0 Å². The van der Waals surface area contributed by atoms with Crippen molar-refractivity contribution >= 4 is 17.9 Å². The maximum atomic E-state index is 12.9. The van der Waals surface area contributed by atoms with Gasteiger partial charge in [-0.1, -0.05) is 296 Å². The standard InChI is InChI=1S/C77H128O6/c1-4-7-10-13-16-19-22-25-27-29-30-31-32-33-34-35-36-37-38-39-40-41-42-43-44-45-46-48-49-52-55-58-61-64-67-70-76(79)82-73-74(72-81-75(78)69-66-63-60-57-54-51-24-21-18-15-12-9-6-3)83-77(80)71-68-65-62-59-56-53-50-47-28-26-23-20-17-14-11-8-5-2/h7-8,10-11,16-17,19-21,24-28,30-31,33-34,36-37,50,53,74H,4-6,9,12-15,18,22-23,29,32,35,38-49,51-52,54-73H2,1-3H3/b10-7-,11-8-,19-16-,20-17-,24-21-,27-25-,28-26-,31-30-,34-33-,37-36-,53-50-. The average molecular weight is 1150 g/mol. The molecule has 0 rings (SSSR count). The molecule has 1 unspecified atom stereocenters. The summed E-state index contributed by atoms with van der Waals surface area (Å²) < 4.78 is 16.9. The number of allylic oxidation sites excluding steroid dienone is 22. The Bertz CT molecular complexity index is 1750. The van der Waals surface area contributed by atoms with Crippen LogP contribution in [-0.2, 0) is 28.6 Å². The smallest absolute Gasteiger partial charge is 0.306 e. The topological polar surface area (TPSA) is 78.9 Å². The lowest BCUT2D eigenvalue weighted by Gasteiger charge is -2.18. The van der Waals surface area contributed by atoms with Gasteiger partial charge in [0.1, 0.15) is 13.2 Å². The van der Waals surface area contributed by atoms with E-state index in [9.17, 15) is 14.4 Å². The zero-order valence-electron chi connectivity index (χ0n) is 54.2. The van der Waals surface area contributed by atoms with Crippen LogP contribution in [0.5, 0.6) is 0 Å². The fourth-order valence-corrected chi connectivity index (χ4v) is 9.49. The molecular weight excluding hydrogens is 1020 g/mol. The quantitative estimate of drug-likeness (QED) is 0.0261. The van der Waals surface area contributed by atoms with Gasteiger partial charge >= 0.3 is 17.9 Å². The van der Waals surface area contributed by atoms with Crippen LogP contribution in [0.25, 0.3) is 0 Å². The minimum absolute atomic E-state index is 0.0910. The van der Waals surface area contributed by atoms with Gasteiger partial charge in [-0.25, -0.2) is 0 Å². The monoisotopic (exact) mass is 1150 g/mol. The molecule has 6 nitrogen and oxygen atoms in total. The second kappa shape index (κ2) is 70.0.